The molecule has 0 spiro atoms. The zero-order chi connectivity index (χ0) is 18.3. The van der Waals surface area contributed by atoms with Gasteiger partial charge < -0.3 is 5.32 Å². The molecule has 0 saturated heterocycles. The minimum atomic E-state index is -3.22. The number of anilines is 1. The zero-order valence-corrected chi connectivity index (χ0v) is 15.7. The molecular formula is C19H16N2O3S2. The number of hydrogen-bond acceptors (Lipinski definition) is 5. The van der Waals surface area contributed by atoms with E-state index in [1.54, 1.807) is 41.7 Å². The molecule has 5 nitrogen and oxygen atoms in total. The predicted octanol–water partition coefficient (Wildman–Crippen LogP) is 3.70. The maximum absolute atomic E-state index is 12.5. The lowest BCUT2D eigenvalue weighted by Crippen LogP contribution is -2.12. The maximum atomic E-state index is 12.5. The molecule has 7 heteroatoms. The third-order valence-electron chi connectivity index (χ3n) is 4.36. The molecule has 1 amide bonds. The van der Waals surface area contributed by atoms with Crippen molar-refractivity contribution in [3.63, 3.8) is 0 Å². The van der Waals surface area contributed by atoms with E-state index in [0.29, 0.717) is 22.6 Å². The molecule has 1 aliphatic rings. The predicted molar refractivity (Wildman–Crippen MR) is 102 cm³/mol. The van der Waals surface area contributed by atoms with Gasteiger partial charge in [-0.05, 0) is 43.2 Å². The summed E-state index contributed by atoms with van der Waals surface area (Å²) in [7, 11) is -3.22. The van der Waals surface area contributed by atoms with Crippen LogP contribution in [0.5, 0.6) is 0 Å². The van der Waals surface area contributed by atoms with E-state index >= 15 is 0 Å². The Bertz CT molecular complexity index is 1100. The number of nitrogens with zero attached hydrogens (tertiary/aromatic N) is 1. The Morgan fingerprint density at radius 3 is 2.62 bits per heavy atom. The first kappa shape index (κ1) is 16.9. The zero-order valence-electron chi connectivity index (χ0n) is 14.0. The monoisotopic (exact) mass is 384 g/mol. The molecule has 2 heterocycles. The van der Waals surface area contributed by atoms with Crippen LogP contribution < -0.4 is 5.32 Å². The summed E-state index contributed by atoms with van der Waals surface area (Å²) < 4.78 is 24.0. The Labute approximate surface area is 155 Å². The molecule has 1 N–H and O–H groups in total. The van der Waals surface area contributed by atoms with E-state index in [9.17, 15) is 13.2 Å². The number of carbonyl (C=O) groups excluding carboxylic acids is 1. The Balaban J connectivity index is 1.54. The van der Waals surface area contributed by atoms with Gasteiger partial charge in [0.1, 0.15) is 0 Å². The summed E-state index contributed by atoms with van der Waals surface area (Å²) in [6.45, 7) is 1.95. The number of benzene rings is 2. The van der Waals surface area contributed by atoms with Gasteiger partial charge in [-0.15, -0.1) is 11.3 Å². The van der Waals surface area contributed by atoms with Crippen molar-refractivity contribution in [2.24, 2.45) is 0 Å². The fourth-order valence-corrected chi connectivity index (χ4v) is 5.18. The SMILES string of the molecule is Cc1nc(-c2ccc(C(=O)Nc3ccc4c(c3)S(=O)(=O)CC4)cc2)cs1. The summed E-state index contributed by atoms with van der Waals surface area (Å²) >= 11 is 1.58. The second-order valence-corrected chi connectivity index (χ2v) is 9.31. The van der Waals surface area contributed by atoms with Crippen LogP contribution in [0.1, 0.15) is 20.9 Å². The third-order valence-corrected chi connectivity index (χ3v) is 6.93. The molecule has 0 fully saturated rings. The molecule has 0 saturated carbocycles. The first-order valence-corrected chi connectivity index (χ1v) is 10.7. The highest BCUT2D eigenvalue weighted by Gasteiger charge is 2.26. The summed E-state index contributed by atoms with van der Waals surface area (Å²) in [4.78, 5) is 17.2. The number of aryl methyl sites for hydroxylation is 2. The largest absolute Gasteiger partial charge is 0.322 e. The van der Waals surface area contributed by atoms with E-state index in [1.807, 2.05) is 24.4 Å². The summed E-state index contributed by atoms with van der Waals surface area (Å²) in [6, 6.07) is 12.2. The van der Waals surface area contributed by atoms with E-state index in [1.165, 1.54) is 0 Å². The average Bonchev–Trinajstić information content (AvgIpc) is 3.19. The van der Waals surface area contributed by atoms with Gasteiger partial charge in [-0.25, -0.2) is 13.4 Å². The summed E-state index contributed by atoms with van der Waals surface area (Å²) in [5.74, 6) is -0.140. The van der Waals surface area contributed by atoms with Gasteiger partial charge in [0.15, 0.2) is 9.84 Å². The average molecular weight is 384 g/mol. The number of hydrogen-bond donors (Lipinski definition) is 1. The minimum absolute atomic E-state index is 0.136. The van der Waals surface area contributed by atoms with Crippen molar-refractivity contribution in [1.29, 1.82) is 0 Å². The fraction of sp³-hybridized carbons (Fsp3) is 0.158. The highest BCUT2D eigenvalue weighted by atomic mass is 32.2. The van der Waals surface area contributed by atoms with Crippen molar-refractivity contribution in [2.75, 3.05) is 11.1 Å². The van der Waals surface area contributed by atoms with Gasteiger partial charge in [0, 0.05) is 22.2 Å². The molecule has 2 aromatic carbocycles. The van der Waals surface area contributed by atoms with Crippen LogP contribution in [0.15, 0.2) is 52.7 Å². The Hall–Kier alpha value is -2.51. The topological polar surface area (TPSA) is 76.1 Å². The Morgan fingerprint density at radius 2 is 1.92 bits per heavy atom. The highest BCUT2D eigenvalue weighted by molar-refractivity contribution is 7.91. The van der Waals surface area contributed by atoms with Crippen LogP contribution in [0, 0.1) is 6.92 Å². The van der Waals surface area contributed by atoms with Crippen molar-refractivity contribution in [3.8, 4) is 11.3 Å². The van der Waals surface area contributed by atoms with Crippen LogP contribution in [-0.2, 0) is 16.3 Å². The van der Waals surface area contributed by atoms with Crippen molar-refractivity contribution in [2.45, 2.75) is 18.2 Å². The van der Waals surface area contributed by atoms with Gasteiger partial charge in [0.25, 0.3) is 5.91 Å². The van der Waals surface area contributed by atoms with Crippen LogP contribution in [-0.4, -0.2) is 25.1 Å². The molecule has 132 valence electrons. The number of aromatic nitrogens is 1. The molecule has 3 aromatic rings. The lowest BCUT2D eigenvalue weighted by molar-refractivity contribution is 0.102. The molecule has 0 unspecified atom stereocenters. The van der Waals surface area contributed by atoms with E-state index in [4.69, 9.17) is 0 Å². The van der Waals surface area contributed by atoms with Crippen LogP contribution in [0.4, 0.5) is 5.69 Å². The van der Waals surface area contributed by atoms with Gasteiger partial charge in [0.2, 0.25) is 0 Å². The van der Waals surface area contributed by atoms with Crippen molar-refractivity contribution >= 4 is 32.8 Å². The molecule has 4 rings (SSSR count). The van der Waals surface area contributed by atoms with Crippen LogP contribution in [0.3, 0.4) is 0 Å². The molecular weight excluding hydrogens is 368 g/mol. The smallest absolute Gasteiger partial charge is 0.255 e. The van der Waals surface area contributed by atoms with Gasteiger partial charge in [-0.1, -0.05) is 18.2 Å². The van der Waals surface area contributed by atoms with Crippen molar-refractivity contribution < 1.29 is 13.2 Å². The van der Waals surface area contributed by atoms with Crippen LogP contribution >= 0.6 is 11.3 Å². The number of thiazole rings is 1. The van der Waals surface area contributed by atoms with Gasteiger partial charge in [-0.3, -0.25) is 4.79 Å². The van der Waals surface area contributed by atoms with E-state index in [2.05, 4.69) is 10.3 Å². The fourth-order valence-electron chi connectivity index (χ4n) is 2.97. The molecule has 1 aliphatic heterocycles. The van der Waals surface area contributed by atoms with Crippen molar-refractivity contribution in [3.05, 3.63) is 64.0 Å². The lowest BCUT2D eigenvalue weighted by Gasteiger charge is -2.08. The summed E-state index contributed by atoms with van der Waals surface area (Å²) in [5, 5.41) is 5.75. The van der Waals surface area contributed by atoms with E-state index in [-0.39, 0.29) is 11.7 Å². The second-order valence-electron chi connectivity index (χ2n) is 6.17. The lowest BCUT2D eigenvalue weighted by atomic mass is 10.1. The van der Waals surface area contributed by atoms with E-state index in [0.717, 1.165) is 21.8 Å². The van der Waals surface area contributed by atoms with Crippen LogP contribution in [0.25, 0.3) is 11.3 Å². The number of fused-ring (bicyclic) bond motifs is 1. The third kappa shape index (κ3) is 3.15. The van der Waals surface area contributed by atoms with Gasteiger partial charge in [0.05, 0.1) is 21.3 Å². The minimum Gasteiger partial charge on any atom is -0.322 e. The second kappa shape index (κ2) is 6.34. The van der Waals surface area contributed by atoms with Gasteiger partial charge >= 0.3 is 0 Å². The molecule has 0 aliphatic carbocycles. The number of nitrogens with one attached hydrogen (secondary N) is 1. The van der Waals surface area contributed by atoms with Gasteiger partial charge in [-0.2, -0.15) is 0 Å². The normalized spacial score (nSPS) is 14.8. The standard InChI is InChI=1S/C19H16N2O3S2/c1-12-20-17(11-25-12)13-2-4-15(5-3-13)19(22)21-16-7-6-14-8-9-26(23,24)18(14)10-16/h2-7,10-11H,8-9H2,1H3,(H,21,22). The summed E-state index contributed by atoms with van der Waals surface area (Å²) in [6.07, 6.45) is 0.531. The molecule has 1 aromatic heterocycles. The highest BCUT2D eigenvalue weighted by Crippen LogP contribution is 2.29. The number of carbonyl (C=O) groups is 1. The number of rotatable bonds is 3. The quantitative estimate of drug-likeness (QED) is 0.747. The number of amides is 1. The molecule has 0 bridgehead atoms. The first-order valence-electron chi connectivity index (χ1n) is 8.12. The van der Waals surface area contributed by atoms with Crippen LogP contribution in [0.2, 0.25) is 0 Å². The Kier molecular flexibility index (Phi) is 4.13. The molecule has 0 atom stereocenters. The Morgan fingerprint density at radius 1 is 1.15 bits per heavy atom. The maximum Gasteiger partial charge on any atom is 0.255 e. The van der Waals surface area contributed by atoms with E-state index < -0.39 is 9.84 Å². The number of sulfone groups is 1. The summed E-state index contributed by atoms with van der Waals surface area (Å²) in [5.41, 5.74) is 3.64. The van der Waals surface area contributed by atoms with Crippen molar-refractivity contribution in [1.82, 2.24) is 4.98 Å². The molecule has 0 radical (unpaired) electrons. The molecule has 26 heavy (non-hydrogen) atoms. The first-order chi connectivity index (χ1) is 12.4.